The van der Waals surface area contributed by atoms with E-state index in [0.29, 0.717) is 12.0 Å². The Morgan fingerprint density at radius 2 is 2.06 bits per heavy atom. The molecule has 2 atom stereocenters. The largest absolute Gasteiger partial charge is 0.380 e. The molecule has 0 N–H and O–H groups in total. The van der Waals surface area contributed by atoms with Gasteiger partial charge < -0.3 is 4.74 Å². The first-order valence-corrected chi connectivity index (χ1v) is 6.08. The first-order chi connectivity index (χ1) is 7.79. The van der Waals surface area contributed by atoms with E-state index in [9.17, 15) is 0 Å². The van der Waals surface area contributed by atoms with E-state index in [1.165, 1.54) is 18.5 Å². The molecule has 1 aromatic carbocycles. The van der Waals surface area contributed by atoms with Crippen LogP contribution in [-0.2, 0) is 11.3 Å². The second-order valence-electron chi connectivity index (χ2n) is 4.76. The van der Waals surface area contributed by atoms with Gasteiger partial charge in [0.15, 0.2) is 0 Å². The third-order valence-corrected chi connectivity index (χ3v) is 3.53. The maximum Gasteiger partial charge on any atom is 0.0724 e. The smallest absolute Gasteiger partial charge is 0.0724 e. The Hall–Kier alpha value is -0.860. The average Bonchev–Trinajstić information content (AvgIpc) is 2.33. The monoisotopic (exact) mass is 219 g/mol. The summed E-state index contributed by atoms with van der Waals surface area (Å²) in [4.78, 5) is 2.49. The molecule has 1 aliphatic heterocycles. The predicted molar refractivity (Wildman–Crippen MR) is 66.3 cm³/mol. The Morgan fingerprint density at radius 1 is 1.31 bits per heavy atom. The summed E-state index contributed by atoms with van der Waals surface area (Å²) in [5.41, 5.74) is 1.40. The summed E-state index contributed by atoms with van der Waals surface area (Å²) < 4.78 is 5.53. The Kier molecular flexibility index (Phi) is 3.97. The SMILES string of the molecule is CO[C@@H]1CN(Cc2ccccc2)CC[C@H]1C. The molecule has 88 valence electrons. The number of benzene rings is 1. The van der Waals surface area contributed by atoms with Crippen LogP contribution in [-0.4, -0.2) is 31.2 Å². The summed E-state index contributed by atoms with van der Waals surface area (Å²) >= 11 is 0. The lowest BCUT2D eigenvalue weighted by Crippen LogP contribution is -2.43. The fourth-order valence-electron chi connectivity index (χ4n) is 2.39. The van der Waals surface area contributed by atoms with Crippen molar-refractivity contribution in [1.82, 2.24) is 4.90 Å². The fourth-order valence-corrected chi connectivity index (χ4v) is 2.39. The van der Waals surface area contributed by atoms with Gasteiger partial charge in [-0.3, -0.25) is 4.90 Å². The van der Waals surface area contributed by atoms with E-state index < -0.39 is 0 Å². The Labute approximate surface area is 98.2 Å². The molecule has 1 fully saturated rings. The van der Waals surface area contributed by atoms with Crippen LogP contribution in [0.25, 0.3) is 0 Å². The van der Waals surface area contributed by atoms with Crippen molar-refractivity contribution in [2.75, 3.05) is 20.2 Å². The molecule has 1 aromatic rings. The van der Waals surface area contributed by atoms with Crippen molar-refractivity contribution >= 4 is 0 Å². The van der Waals surface area contributed by atoms with Crippen LogP contribution in [0, 0.1) is 5.92 Å². The van der Waals surface area contributed by atoms with Gasteiger partial charge in [-0.15, -0.1) is 0 Å². The molecule has 0 aliphatic carbocycles. The number of methoxy groups -OCH3 is 1. The molecule has 0 unspecified atom stereocenters. The summed E-state index contributed by atoms with van der Waals surface area (Å²) in [7, 11) is 1.83. The molecule has 2 heteroatoms. The Balaban J connectivity index is 1.92. The summed E-state index contributed by atoms with van der Waals surface area (Å²) in [5.74, 6) is 0.692. The molecular formula is C14H21NO. The van der Waals surface area contributed by atoms with Crippen LogP contribution < -0.4 is 0 Å². The van der Waals surface area contributed by atoms with Gasteiger partial charge in [-0.25, -0.2) is 0 Å². The van der Waals surface area contributed by atoms with Crippen molar-refractivity contribution in [3.63, 3.8) is 0 Å². The number of likely N-dealkylation sites (tertiary alicyclic amines) is 1. The average molecular weight is 219 g/mol. The van der Waals surface area contributed by atoms with E-state index in [4.69, 9.17) is 4.74 Å². The minimum atomic E-state index is 0.400. The van der Waals surface area contributed by atoms with Crippen molar-refractivity contribution < 1.29 is 4.74 Å². The Bertz CT molecular complexity index is 312. The summed E-state index contributed by atoms with van der Waals surface area (Å²) in [6.07, 6.45) is 1.64. The van der Waals surface area contributed by atoms with Crippen molar-refractivity contribution in [3.8, 4) is 0 Å². The van der Waals surface area contributed by atoms with Crippen molar-refractivity contribution in [2.24, 2.45) is 5.92 Å². The quantitative estimate of drug-likeness (QED) is 0.774. The zero-order valence-corrected chi connectivity index (χ0v) is 10.2. The number of hydrogen-bond acceptors (Lipinski definition) is 2. The summed E-state index contributed by atoms with van der Waals surface area (Å²) in [6, 6.07) is 10.7. The van der Waals surface area contributed by atoms with E-state index in [1.54, 1.807) is 0 Å². The summed E-state index contributed by atoms with van der Waals surface area (Å²) in [6.45, 7) is 5.59. The zero-order chi connectivity index (χ0) is 11.4. The molecule has 2 nitrogen and oxygen atoms in total. The van der Waals surface area contributed by atoms with Gasteiger partial charge in [0.1, 0.15) is 0 Å². The third-order valence-electron chi connectivity index (χ3n) is 3.53. The molecule has 16 heavy (non-hydrogen) atoms. The molecular weight excluding hydrogens is 198 g/mol. The molecule has 1 aliphatic rings. The first kappa shape index (κ1) is 11.6. The number of nitrogens with zero attached hydrogens (tertiary/aromatic N) is 1. The van der Waals surface area contributed by atoms with Crippen LogP contribution in [0.5, 0.6) is 0 Å². The van der Waals surface area contributed by atoms with E-state index >= 15 is 0 Å². The standard InChI is InChI=1S/C14H21NO/c1-12-8-9-15(11-14(12)16-2)10-13-6-4-3-5-7-13/h3-7,12,14H,8-11H2,1-2H3/t12-,14-/m1/s1. The van der Waals surface area contributed by atoms with Gasteiger partial charge in [-0.1, -0.05) is 37.3 Å². The lowest BCUT2D eigenvalue weighted by atomic mass is 9.95. The van der Waals surface area contributed by atoms with E-state index in [1.807, 2.05) is 7.11 Å². The molecule has 1 saturated heterocycles. The first-order valence-electron chi connectivity index (χ1n) is 6.08. The minimum Gasteiger partial charge on any atom is -0.380 e. The second-order valence-corrected chi connectivity index (χ2v) is 4.76. The van der Waals surface area contributed by atoms with Crippen LogP contribution in [0.4, 0.5) is 0 Å². The predicted octanol–water partition coefficient (Wildman–Crippen LogP) is 2.54. The molecule has 0 spiro atoms. The number of hydrogen-bond donors (Lipinski definition) is 0. The van der Waals surface area contributed by atoms with E-state index in [2.05, 4.69) is 42.2 Å². The highest BCUT2D eigenvalue weighted by molar-refractivity contribution is 5.14. The van der Waals surface area contributed by atoms with Gasteiger partial charge in [0, 0.05) is 20.2 Å². The highest BCUT2D eigenvalue weighted by Crippen LogP contribution is 2.20. The molecule has 0 aromatic heterocycles. The topological polar surface area (TPSA) is 12.5 Å². The van der Waals surface area contributed by atoms with Gasteiger partial charge >= 0.3 is 0 Å². The maximum absolute atomic E-state index is 5.53. The van der Waals surface area contributed by atoms with Gasteiger partial charge in [-0.2, -0.15) is 0 Å². The van der Waals surface area contributed by atoms with Gasteiger partial charge in [0.2, 0.25) is 0 Å². The summed E-state index contributed by atoms with van der Waals surface area (Å²) in [5, 5.41) is 0. The number of rotatable bonds is 3. The zero-order valence-electron chi connectivity index (χ0n) is 10.2. The molecule has 0 radical (unpaired) electrons. The van der Waals surface area contributed by atoms with Crippen LogP contribution in [0.1, 0.15) is 18.9 Å². The molecule has 2 rings (SSSR count). The van der Waals surface area contributed by atoms with Crippen molar-refractivity contribution in [2.45, 2.75) is 26.0 Å². The molecule has 0 saturated carbocycles. The highest BCUT2D eigenvalue weighted by Gasteiger charge is 2.25. The second kappa shape index (κ2) is 5.46. The van der Waals surface area contributed by atoms with Crippen molar-refractivity contribution in [1.29, 1.82) is 0 Å². The highest BCUT2D eigenvalue weighted by atomic mass is 16.5. The minimum absolute atomic E-state index is 0.400. The van der Waals surface area contributed by atoms with Crippen molar-refractivity contribution in [3.05, 3.63) is 35.9 Å². The van der Waals surface area contributed by atoms with E-state index in [-0.39, 0.29) is 0 Å². The molecule has 1 heterocycles. The third kappa shape index (κ3) is 2.83. The lowest BCUT2D eigenvalue weighted by molar-refractivity contribution is -0.00744. The van der Waals surface area contributed by atoms with Crippen LogP contribution in [0.2, 0.25) is 0 Å². The van der Waals surface area contributed by atoms with Gasteiger partial charge in [-0.05, 0) is 24.4 Å². The Morgan fingerprint density at radius 3 is 2.75 bits per heavy atom. The fraction of sp³-hybridized carbons (Fsp3) is 0.571. The maximum atomic E-state index is 5.53. The molecule has 0 amide bonds. The number of ether oxygens (including phenoxy) is 1. The lowest BCUT2D eigenvalue weighted by Gasteiger charge is -2.36. The molecule has 0 bridgehead atoms. The van der Waals surface area contributed by atoms with Crippen LogP contribution in [0.3, 0.4) is 0 Å². The van der Waals surface area contributed by atoms with Crippen LogP contribution in [0.15, 0.2) is 30.3 Å². The number of piperidine rings is 1. The van der Waals surface area contributed by atoms with E-state index in [0.717, 1.165) is 13.1 Å². The van der Waals surface area contributed by atoms with Gasteiger partial charge in [0.25, 0.3) is 0 Å². The van der Waals surface area contributed by atoms with Gasteiger partial charge in [0.05, 0.1) is 6.10 Å². The normalized spacial score (nSPS) is 26.9. The van der Waals surface area contributed by atoms with Crippen LogP contribution >= 0.6 is 0 Å².